The Kier molecular flexibility index (Phi) is 13.9. The lowest BCUT2D eigenvalue weighted by atomic mass is 9.64. The molecule has 0 aliphatic heterocycles. The lowest BCUT2D eigenvalue weighted by Crippen LogP contribution is -2.31. The minimum atomic E-state index is -0.656. The van der Waals surface area contributed by atoms with E-state index in [0.717, 1.165) is 24.4 Å². The second-order valence-electron chi connectivity index (χ2n) is 21.3. The highest BCUT2D eigenvalue weighted by Crippen LogP contribution is 2.47. The Morgan fingerprint density at radius 1 is 0.471 bits per heavy atom. The third kappa shape index (κ3) is 10.7. The number of carbonyl (C=O) groups excluding carboxylic acids is 1. The fourth-order valence-corrected chi connectivity index (χ4v) is 9.34. The first-order valence-corrected chi connectivity index (χ1v) is 24.1. The highest BCUT2D eigenvalue weighted by atomic mass is 16.5. The van der Waals surface area contributed by atoms with Gasteiger partial charge in [0, 0.05) is 19.2 Å². The first-order valence-electron chi connectivity index (χ1n) is 24.1. The molecule has 4 heteroatoms. The minimum Gasteiger partial charge on any atom is -0.493 e. The van der Waals surface area contributed by atoms with E-state index in [0.29, 0.717) is 18.8 Å². The Balaban J connectivity index is 0.933. The number of rotatable bonds is 14. The molecule has 0 fully saturated rings. The van der Waals surface area contributed by atoms with Crippen LogP contribution in [0.15, 0.2) is 188 Å². The number of carbonyl (C=O) groups is 1. The Hall–Kier alpha value is -6.75. The van der Waals surface area contributed by atoms with E-state index < -0.39 is 11.4 Å². The maximum Gasteiger partial charge on any atom is 0.335 e. The summed E-state index contributed by atoms with van der Waals surface area (Å²) in [5.41, 5.74) is 10.3. The van der Waals surface area contributed by atoms with E-state index in [2.05, 4.69) is 219 Å². The summed E-state index contributed by atoms with van der Waals surface area (Å²) < 4.78 is 11.9. The van der Waals surface area contributed by atoms with Gasteiger partial charge < -0.3 is 14.8 Å². The highest BCUT2D eigenvalue weighted by Gasteiger charge is 2.39. The molecule has 0 unspecified atom stereocenters. The summed E-state index contributed by atoms with van der Waals surface area (Å²) in [6, 6.07) is 63.1. The molecule has 0 amide bonds. The lowest BCUT2D eigenvalue weighted by molar-refractivity contribution is -0.129. The standard InChI is InChI=1S/C64H67NO3/c1-61(2,3)48-23-29-51(30-24-48)64(52-31-25-49(26-32-52)62(4,5)6,53-33-27-50(28-34-53)63(7,8)9)54-35-39-56(40-36-54)68-60(66)20-14-15-41-67-55-37-21-45(22-38-55)43-65-44-59-57-18-12-10-16-46(57)42-47-17-11-13-19-58(47)59/h10-14,16-40,42,65H,15,41,43-44H2,1-9H3/b20-14+. The lowest BCUT2D eigenvalue weighted by Gasteiger charge is -2.38. The molecule has 68 heavy (non-hydrogen) atoms. The van der Waals surface area contributed by atoms with Gasteiger partial charge in [-0.05, 0) is 125 Å². The molecular weight excluding hydrogens is 831 g/mol. The van der Waals surface area contributed by atoms with E-state index >= 15 is 0 Å². The summed E-state index contributed by atoms with van der Waals surface area (Å²) in [5.74, 6) is 0.856. The number of ether oxygens (including phenoxy) is 2. The van der Waals surface area contributed by atoms with Gasteiger partial charge in [-0.1, -0.05) is 214 Å². The second kappa shape index (κ2) is 19.8. The van der Waals surface area contributed by atoms with Crippen molar-refractivity contribution in [3.05, 3.63) is 238 Å². The normalized spacial score (nSPS) is 12.5. The van der Waals surface area contributed by atoms with E-state index in [-0.39, 0.29) is 16.2 Å². The molecule has 0 saturated heterocycles. The van der Waals surface area contributed by atoms with E-state index in [4.69, 9.17) is 9.47 Å². The van der Waals surface area contributed by atoms with Crippen molar-refractivity contribution in [1.82, 2.24) is 5.32 Å². The molecule has 0 aromatic heterocycles. The van der Waals surface area contributed by atoms with E-state index in [1.54, 1.807) is 6.08 Å². The van der Waals surface area contributed by atoms with E-state index in [9.17, 15) is 4.79 Å². The van der Waals surface area contributed by atoms with E-state index in [1.807, 2.05) is 24.3 Å². The molecule has 0 heterocycles. The maximum atomic E-state index is 13.1. The monoisotopic (exact) mass is 898 g/mol. The summed E-state index contributed by atoms with van der Waals surface area (Å²) in [6.07, 6.45) is 3.86. The summed E-state index contributed by atoms with van der Waals surface area (Å²) >= 11 is 0. The van der Waals surface area contributed by atoms with Crippen molar-refractivity contribution in [2.45, 2.75) is 103 Å². The fourth-order valence-electron chi connectivity index (χ4n) is 9.34. The largest absolute Gasteiger partial charge is 0.493 e. The third-order valence-corrected chi connectivity index (χ3v) is 13.3. The van der Waals surface area contributed by atoms with Gasteiger partial charge in [-0.3, -0.25) is 0 Å². The van der Waals surface area contributed by atoms with Crippen LogP contribution >= 0.6 is 0 Å². The van der Waals surface area contributed by atoms with Crippen molar-refractivity contribution in [1.29, 1.82) is 0 Å². The predicted molar refractivity (Wildman–Crippen MR) is 284 cm³/mol. The van der Waals surface area contributed by atoms with Crippen molar-refractivity contribution in [3.8, 4) is 11.5 Å². The molecule has 1 N–H and O–H groups in total. The zero-order valence-corrected chi connectivity index (χ0v) is 41.5. The van der Waals surface area contributed by atoms with Crippen LogP contribution in [0.3, 0.4) is 0 Å². The summed E-state index contributed by atoms with van der Waals surface area (Å²) in [4.78, 5) is 13.1. The van der Waals surface area contributed by atoms with Crippen LogP contribution in [0.4, 0.5) is 0 Å². The average Bonchev–Trinajstić information content (AvgIpc) is 3.32. The SMILES string of the molecule is CC(C)(C)c1ccc(C(c2ccc(OC(=O)/C=C/CCOc3ccc(CNCc4c5ccccc5cc5ccccc45)cc3)cc2)(c2ccc(C(C)(C)C)cc2)c2ccc(C(C)(C)C)cc2)cc1. The van der Waals surface area contributed by atoms with E-state index in [1.165, 1.54) is 72.1 Å². The van der Waals surface area contributed by atoms with Gasteiger partial charge in [0.05, 0.1) is 12.0 Å². The van der Waals surface area contributed by atoms with Gasteiger partial charge in [0.25, 0.3) is 0 Å². The maximum absolute atomic E-state index is 13.1. The molecule has 0 bridgehead atoms. The van der Waals surface area contributed by atoms with Gasteiger partial charge >= 0.3 is 5.97 Å². The molecule has 0 saturated carbocycles. The van der Waals surface area contributed by atoms with Crippen LogP contribution in [0, 0.1) is 0 Å². The Morgan fingerprint density at radius 3 is 1.31 bits per heavy atom. The van der Waals surface area contributed by atoms with Crippen LogP contribution < -0.4 is 14.8 Å². The molecule has 0 atom stereocenters. The van der Waals surface area contributed by atoms with Crippen molar-refractivity contribution >= 4 is 27.5 Å². The summed E-state index contributed by atoms with van der Waals surface area (Å²) in [6.45, 7) is 22.2. The first-order chi connectivity index (χ1) is 32.5. The van der Waals surface area contributed by atoms with Gasteiger partial charge in [-0.2, -0.15) is 0 Å². The van der Waals surface area contributed by atoms with Crippen LogP contribution in [0.2, 0.25) is 0 Å². The van der Waals surface area contributed by atoms with Crippen molar-refractivity contribution in [2.24, 2.45) is 0 Å². The van der Waals surface area contributed by atoms with Crippen LogP contribution in [0.25, 0.3) is 21.5 Å². The smallest absolute Gasteiger partial charge is 0.335 e. The zero-order valence-electron chi connectivity index (χ0n) is 41.5. The minimum absolute atomic E-state index is 0.0124. The molecule has 0 spiro atoms. The first kappa shape index (κ1) is 47.7. The van der Waals surface area contributed by atoms with Crippen LogP contribution in [0.5, 0.6) is 11.5 Å². The quantitative estimate of drug-likeness (QED) is 0.0295. The number of fused-ring (bicyclic) bond motifs is 2. The average molecular weight is 898 g/mol. The van der Waals surface area contributed by atoms with Crippen molar-refractivity contribution in [2.75, 3.05) is 6.61 Å². The van der Waals surface area contributed by atoms with Crippen molar-refractivity contribution in [3.63, 3.8) is 0 Å². The number of benzene rings is 8. The topological polar surface area (TPSA) is 47.6 Å². The zero-order chi connectivity index (χ0) is 48.1. The Morgan fingerprint density at radius 2 is 0.868 bits per heavy atom. The van der Waals surface area contributed by atoms with Crippen LogP contribution in [-0.2, 0) is 39.5 Å². The number of nitrogens with one attached hydrogen (secondary N) is 1. The van der Waals surface area contributed by atoms with Gasteiger partial charge in [0.15, 0.2) is 0 Å². The van der Waals surface area contributed by atoms with Crippen LogP contribution in [-0.4, -0.2) is 12.6 Å². The molecule has 4 nitrogen and oxygen atoms in total. The van der Waals surface area contributed by atoms with Gasteiger partial charge in [-0.25, -0.2) is 4.79 Å². The molecule has 8 aromatic rings. The molecule has 0 radical (unpaired) electrons. The number of esters is 1. The van der Waals surface area contributed by atoms with Gasteiger partial charge in [-0.15, -0.1) is 0 Å². The molecule has 0 aliphatic rings. The molecule has 0 aliphatic carbocycles. The fraction of sp³-hybridized carbons (Fsp3) is 0.266. The third-order valence-electron chi connectivity index (χ3n) is 13.3. The molecule has 8 aromatic carbocycles. The molecule has 8 rings (SSSR count). The Bertz CT molecular complexity index is 2800. The molecule has 346 valence electrons. The Labute approximate surface area is 405 Å². The van der Waals surface area contributed by atoms with Gasteiger partial charge in [0.1, 0.15) is 11.5 Å². The second-order valence-corrected chi connectivity index (χ2v) is 21.3. The number of hydrogen-bond donors (Lipinski definition) is 1. The number of hydrogen-bond acceptors (Lipinski definition) is 4. The predicted octanol–water partition coefficient (Wildman–Crippen LogP) is 15.5. The summed E-state index contributed by atoms with van der Waals surface area (Å²) in [7, 11) is 0. The van der Waals surface area contributed by atoms with Crippen molar-refractivity contribution < 1.29 is 14.3 Å². The van der Waals surface area contributed by atoms with Crippen LogP contribution in [0.1, 0.15) is 119 Å². The summed E-state index contributed by atoms with van der Waals surface area (Å²) in [5, 5.41) is 8.75. The molecular formula is C64H67NO3. The van der Waals surface area contributed by atoms with Gasteiger partial charge in [0.2, 0.25) is 0 Å². The highest BCUT2D eigenvalue weighted by molar-refractivity contribution is 6.02.